The Labute approximate surface area is 207 Å². The minimum absolute atomic E-state index is 0.0497. The van der Waals surface area contributed by atoms with Gasteiger partial charge < -0.3 is 0 Å². The van der Waals surface area contributed by atoms with Crippen LogP contribution in [0.4, 0.5) is 0 Å². The molecule has 0 amide bonds. The largest absolute Gasteiger partial charge is 0.289 e. The van der Waals surface area contributed by atoms with E-state index < -0.39 is 0 Å². The van der Waals surface area contributed by atoms with Gasteiger partial charge in [-0.25, -0.2) is 0 Å². The number of carbonyl (C=O) groups is 1. The van der Waals surface area contributed by atoms with Crippen molar-refractivity contribution in [2.75, 3.05) is 0 Å². The molecule has 5 aromatic carbocycles. The highest BCUT2D eigenvalue weighted by Gasteiger charge is 2.11. The molecule has 0 aromatic heterocycles. The Morgan fingerprint density at radius 2 is 0.886 bits per heavy atom. The Balaban J connectivity index is 1.39. The topological polar surface area (TPSA) is 17.1 Å². The quantitative estimate of drug-likeness (QED) is 0.243. The zero-order chi connectivity index (χ0) is 24.4. The number of aryl methyl sites for hydroxylation is 3. The van der Waals surface area contributed by atoms with Gasteiger partial charge >= 0.3 is 0 Å². The standard InChI is InChI=1S/C34H28O/c1-23-9-11-26(12-10-23)32-19-17-30(21-24(32)2)31-18-20-33(25(3)22-31)27-13-15-29(16-14-27)34(35)28-7-5-4-6-8-28/h4-22H,1-3H3. The van der Waals surface area contributed by atoms with Crippen molar-refractivity contribution < 1.29 is 4.79 Å². The van der Waals surface area contributed by atoms with Gasteiger partial charge in [0.1, 0.15) is 0 Å². The van der Waals surface area contributed by atoms with Crippen LogP contribution in [0.15, 0.2) is 115 Å². The molecule has 0 unspecified atom stereocenters. The molecule has 0 N–H and O–H groups in total. The van der Waals surface area contributed by atoms with Crippen LogP contribution < -0.4 is 0 Å². The number of rotatable bonds is 5. The van der Waals surface area contributed by atoms with E-state index in [-0.39, 0.29) is 5.78 Å². The highest BCUT2D eigenvalue weighted by Crippen LogP contribution is 2.32. The Kier molecular flexibility index (Phi) is 6.16. The molecule has 0 saturated heterocycles. The maximum absolute atomic E-state index is 12.7. The van der Waals surface area contributed by atoms with Gasteiger partial charge in [-0.1, -0.05) is 121 Å². The van der Waals surface area contributed by atoms with Gasteiger partial charge in [-0.3, -0.25) is 4.79 Å². The molecule has 0 spiro atoms. The molecule has 1 heteroatoms. The van der Waals surface area contributed by atoms with Crippen LogP contribution >= 0.6 is 0 Å². The van der Waals surface area contributed by atoms with Crippen LogP contribution in [0.2, 0.25) is 0 Å². The van der Waals surface area contributed by atoms with Crippen LogP contribution in [0.25, 0.3) is 33.4 Å². The third-order valence-corrected chi connectivity index (χ3v) is 6.64. The van der Waals surface area contributed by atoms with E-state index in [0.29, 0.717) is 11.1 Å². The predicted molar refractivity (Wildman–Crippen MR) is 147 cm³/mol. The average Bonchev–Trinajstić information content (AvgIpc) is 2.89. The summed E-state index contributed by atoms with van der Waals surface area (Å²) in [7, 11) is 0. The molecule has 0 fully saturated rings. The van der Waals surface area contributed by atoms with E-state index in [1.807, 2.05) is 54.6 Å². The van der Waals surface area contributed by atoms with Crippen LogP contribution in [0.3, 0.4) is 0 Å². The monoisotopic (exact) mass is 452 g/mol. The first-order valence-electron chi connectivity index (χ1n) is 12.0. The normalized spacial score (nSPS) is 10.8. The summed E-state index contributed by atoms with van der Waals surface area (Å²) in [5.41, 5.74) is 12.4. The van der Waals surface area contributed by atoms with Gasteiger partial charge in [0.05, 0.1) is 0 Å². The van der Waals surface area contributed by atoms with Gasteiger partial charge in [-0.2, -0.15) is 0 Å². The van der Waals surface area contributed by atoms with Gasteiger partial charge in [0.15, 0.2) is 5.78 Å². The third kappa shape index (κ3) is 4.72. The Bertz CT molecular complexity index is 1490. The lowest BCUT2D eigenvalue weighted by Gasteiger charge is -2.12. The van der Waals surface area contributed by atoms with Crippen LogP contribution in [-0.2, 0) is 0 Å². The molecule has 0 aliphatic rings. The lowest BCUT2D eigenvalue weighted by molar-refractivity contribution is 0.103. The number of hydrogen-bond acceptors (Lipinski definition) is 1. The minimum atomic E-state index is 0.0497. The van der Waals surface area contributed by atoms with Crippen LogP contribution in [0.1, 0.15) is 32.6 Å². The van der Waals surface area contributed by atoms with Crippen molar-refractivity contribution in [3.63, 3.8) is 0 Å². The lowest BCUT2D eigenvalue weighted by Crippen LogP contribution is -2.00. The van der Waals surface area contributed by atoms with Crippen LogP contribution in [0.5, 0.6) is 0 Å². The first kappa shape index (κ1) is 22.6. The molecule has 0 bridgehead atoms. The zero-order valence-electron chi connectivity index (χ0n) is 20.4. The van der Waals surface area contributed by atoms with E-state index in [1.54, 1.807) is 0 Å². The van der Waals surface area contributed by atoms with Gasteiger partial charge in [-0.15, -0.1) is 0 Å². The maximum Gasteiger partial charge on any atom is 0.193 e. The highest BCUT2D eigenvalue weighted by molar-refractivity contribution is 6.09. The molecule has 0 aliphatic carbocycles. The van der Waals surface area contributed by atoms with E-state index in [4.69, 9.17) is 0 Å². The minimum Gasteiger partial charge on any atom is -0.289 e. The smallest absolute Gasteiger partial charge is 0.193 e. The van der Waals surface area contributed by atoms with Crippen LogP contribution in [-0.4, -0.2) is 5.78 Å². The molecule has 5 rings (SSSR count). The molecule has 0 radical (unpaired) electrons. The maximum atomic E-state index is 12.7. The van der Waals surface area contributed by atoms with E-state index in [0.717, 1.165) is 5.56 Å². The van der Waals surface area contributed by atoms with Crippen molar-refractivity contribution in [2.45, 2.75) is 20.8 Å². The van der Waals surface area contributed by atoms with Gasteiger partial charge in [0, 0.05) is 11.1 Å². The Morgan fingerprint density at radius 1 is 0.457 bits per heavy atom. The summed E-state index contributed by atoms with van der Waals surface area (Å²) >= 11 is 0. The molecular formula is C34H28O. The highest BCUT2D eigenvalue weighted by atomic mass is 16.1. The van der Waals surface area contributed by atoms with E-state index in [2.05, 4.69) is 81.4 Å². The summed E-state index contributed by atoms with van der Waals surface area (Å²) in [6.07, 6.45) is 0. The lowest BCUT2D eigenvalue weighted by atomic mass is 9.92. The summed E-state index contributed by atoms with van der Waals surface area (Å²) in [4.78, 5) is 12.7. The molecule has 5 aromatic rings. The Hall–Kier alpha value is -4.23. The van der Waals surface area contributed by atoms with E-state index >= 15 is 0 Å². The zero-order valence-corrected chi connectivity index (χ0v) is 20.4. The summed E-state index contributed by atoms with van der Waals surface area (Å²) in [5, 5.41) is 0. The van der Waals surface area contributed by atoms with Crippen molar-refractivity contribution in [3.8, 4) is 33.4 Å². The number of hydrogen-bond donors (Lipinski definition) is 0. The fourth-order valence-electron chi connectivity index (χ4n) is 4.62. The summed E-state index contributed by atoms with van der Waals surface area (Å²) in [5.74, 6) is 0.0497. The summed E-state index contributed by atoms with van der Waals surface area (Å²) in [6, 6.07) is 39.4. The molecule has 0 atom stereocenters. The number of ketones is 1. The second-order valence-corrected chi connectivity index (χ2v) is 9.20. The molecule has 0 aliphatic heterocycles. The molecule has 0 saturated carbocycles. The number of carbonyl (C=O) groups excluding carboxylic acids is 1. The first-order valence-corrected chi connectivity index (χ1v) is 12.0. The van der Waals surface area contributed by atoms with Crippen molar-refractivity contribution in [1.29, 1.82) is 0 Å². The molecule has 35 heavy (non-hydrogen) atoms. The van der Waals surface area contributed by atoms with Crippen molar-refractivity contribution in [3.05, 3.63) is 143 Å². The second kappa shape index (κ2) is 9.56. The third-order valence-electron chi connectivity index (χ3n) is 6.64. The van der Waals surface area contributed by atoms with Gasteiger partial charge in [0.2, 0.25) is 0 Å². The van der Waals surface area contributed by atoms with Crippen molar-refractivity contribution in [2.24, 2.45) is 0 Å². The molecule has 1 nitrogen and oxygen atoms in total. The van der Waals surface area contributed by atoms with Crippen molar-refractivity contribution >= 4 is 5.78 Å². The second-order valence-electron chi connectivity index (χ2n) is 9.20. The Morgan fingerprint density at radius 3 is 1.37 bits per heavy atom. The fourth-order valence-corrected chi connectivity index (χ4v) is 4.62. The predicted octanol–water partition coefficient (Wildman–Crippen LogP) is 8.84. The van der Waals surface area contributed by atoms with Crippen molar-refractivity contribution in [1.82, 2.24) is 0 Å². The molecule has 0 heterocycles. The SMILES string of the molecule is Cc1ccc(-c2ccc(-c3ccc(-c4ccc(C(=O)c5ccccc5)cc4)c(C)c3)cc2C)cc1. The first-order chi connectivity index (χ1) is 17.0. The molecule has 170 valence electrons. The van der Waals surface area contributed by atoms with E-state index in [1.165, 1.54) is 44.5 Å². The molecular weight excluding hydrogens is 424 g/mol. The van der Waals surface area contributed by atoms with Crippen LogP contribution in [0, 0.1) is 20.8 Å². The van der Waals surface area contributed by atoms with E-state index in [9.17, 15) is 4.79 Å². The van der Waals surface area contributed by atoms with Gasteiger partial charge in [0.25, 0.3) is 0 Å². The van der Waals surface area contributed by atoms with Gasteiger partial charge in [-0.05, 0) is 65.3 Å². The summed E-state index contributed by atoms with van der Waals surface area (Å²) < 4.78 is 0. The fraction of sp³-hybridized carbons (Fsp3) is 0.0882. The summed E-state index contributed by atoms with van der Waals surface area (Å²) in [6.45, 7) is 6.44. The average molecular weight is 453 g/mol. The number of benzene rings is 5.